The van der Waals surface area contributed by atoms with E-state index in [-0.39, 0.29) is 5.78 Å². The van der Waals surface area contributed by atoms with Crippen LogP contribution in [0, 0.1) is 0 Å². The van der Waals surface area contributed by atoms with Gasteiger partial charge in [0.1, 0.15) is 11.5 Å². The van der Waals surface area contributed by atoms with Crippen molar-refractivity contribution in [1.82, 2.24) is 0 Å². The van der Waals surface area contributed by atoms with Gasteiger partial charge in [-0.05, 0) is 41.7 Å². The van der Waals surface area contributed by atoms with Crippen LogP contribution in [0.5, 0.6) is 5.75 Å². The lowest BCUT2D eigenvalue weighted by Crippen LogP contribution is -2.43. The summed E-state index contributed by atoms with van der Waals surface area (Å²) in [6.07, 6.45) is 7.08. The third-order valence-corrected chi connectivity index (χ3v) is 5.91. The predicted molar refractivity (Wildman–Crippen MR) is 136 cm³/mol. The van der Waals surface area contributed by atoms with Crippen LogP contribution in [0.25, 0.3) is 11.1 Å². The van der Waals surface area contributed by atoms with E-state index in [1.165, 1.54) is 15.8 Å². The second kappa shape index (κ2) is 11.8. The molecule has 0 saturated heterocycles. The molecule has 0 spiro atoms. The molecule has 172 valence electrons. The zero-order chi connectivity index (χ0) is 23.6. The number of Topliss-reactive ketones (excluding diaryl/α,β-unsaturated/α-hetero) is 1. The number of ketones is 1. The number of nitrogens with two attached hydrogens (primary N) is 1. The summed E-state index contributed by atoms with van der Waals surface area (Å²) in [6, 6.07) is 30.9. The van der Waals surface area contributed by atoms with Crippen LogP contribution in [0.4, 0.5) is 0 Å². The molecule has 3 aromatic carbocycles. The highest BCUT2D eigenvalue weighted by Gasteiger charge is 2.07. The molecule has 0 saturated carbocycles. The van der Waals surface area contributed by atoms with Gasteiger partial charge in [0.2, 0.25) is 6.20 Å². The maximum absolute atomic E-state index is 12.3. The van der Waals surface area contributed by atoms with E-state index < -0.39 is 0 Å². The zero-order valence-corrected chi connectivity index (χ0v) is 19.4. The number of benzene rings is 3. The van der Waals surface area contributed by atoms with E-state index in [1.807, 2.05) is 54.7 Å². The molecular weight excluding hydrogens is 420 g/mol. The van der Waals surface area contributed by atoms with Gasteiger partial charge in [0, 0.05) is 36.5 Å². The van der Waals surface area contributed by atoms with Crippen molar-refractivity contribution >= 4 is 5.78 Å². The molecule has 0 fully saturated rings. The fourth-order valence-electron chi connectivity index (χ4n) is 3.98. The number of carbonyl (C=O) groups excluding carboxylic acids is 1. The Balaban J connectivity index is 1.22. The maximum Gasteiger partial charge on any atom is 0.202 e. The number of pyridine rings is 1. The Labute approximate surface area is 201 Å². The average Bonchev–Trinajstić information content (AvgIpc) is 2.88. The summed E-state index contributed by atoms with van der Waals surface area (Å²) < 4.78 is 7.64. The van der Waals surface area contributed by atoms with Crippen molar-refractivity contribution in [2.24, 2.45) is 0 Å². The summed E-state index contributed by atoms with van der Waals surface area (Å²) in [5, 5.41) is 0. The number of aryl methyl sites for hydroxylation is 2. The third-order valence-electron chi connectivity index (χ3n) is 5.91. The minimum Gasteiger partial charge on any atom is -0.493 e. The van der Waals surface area contributed by atoms with E-state index in [0.29, 0.717) is 19.4 Å². The molecule has 0 aliphatic rings. The molecule has 1 aromatic heterocycles. The number of aromatic nitrogens is 1. The van der Waals surface area contributed by atoms with Crippen LogP contribution in [0.3, 0.4) is 0 Å². The number of ether oxygens (including phenoxy) is 1. The topological polar surface area (TPSA) is 56.2 Å². The molecular formula is C30H31N2O2+. The van der Waals surface area contributed by atoms with Crippen LogP contribution in [0.2, 0.25) is 0 Å². The highest BCUT2D eigenvalue weighted by molar-refractivity contribution is 5.78. The molecule has 0 bridgehead atoms. The van der Waals surface area contributed by atoms with Crippen molar-refractivity contribution in [2.75, 3.05) is 12.4 Å². The van der Waals surface area contributed by atoms with E-state index in [9.17, 15) is 4.79 Å². The zero-order valence-electron chi connectivity index (χ0n) is 19.4. The first-order valence-corrected chi connectivity index (χ1v) is 11.8. The van der Waals surface area contributed by atoms with Gasteiger partial charge in [-0.25, -0.2) is 5.84 Å². The molecule has 0 aliphatic heterocycles. The van der Waals surface area contributed by atoms with Gasteiger partial charge < -0.3 is 4.74 Å². The second-order valence-corrected chi connectivity index (χ2v) is 8.48. The van der Waals surface area contributed by atoms with E-state index in [0.717, 1.165) is 41.7 Å². The van der Waals surface area contributed by atoms with Gasteiger partial charge in [0.05, 0.1) is 6.61 Å². The third kappa shape index (κ3) is 6.79. The Hall–Kier alpha value is -3.92. The van der Waals surface area contributed by atoms with Crippen molar-refractivity contribution in [2.45, 2.75) is 32.1 Å². The molecule has 0 aliphatic carbocycles. The Bertz CT molecular complexity index is 1200. The van der Waals surface area contributed by atoms with Gasteiger partial charge in [0.25, 0.3) is 0 Å². The summed E-state index contributed by atoms with van der Waals surface area (Å²) in [7, 11) is 0. The van der Waals surface area contributed by atoms with Crippen LogP contribution in [-0.4, -0.2) is 12.4 Å². The van der Waals surface area contributed by atoms with Crippen LogP contribution in [-0.2, 0) is 24.1 Å². The minimum atomic E-state index is 0.280. The van der Waals surface area contributed by atoms with Crippen LogP contribution in [0.15, 0.2) is 103 Å². The molecule has 4 aromatic rings. The smallest absolute Gasteiger partial charge is 0.202 e. The Morgan fingerprint density at radius 3 is 2.09 bits per heavy atom. The maximum atomic E-state index is 12.3. The second-order valence-electron chi connectivity index (χ2n) is 8.48. The molecule has 0 amide bonds. The van der Waals surface area contributed by atoms with Gasteiger partial charge >= 0.3 is 0 Å². The van der Waals surface area contributed by atoms with Crippen molar-refractivity contribution in [3.63, 3.8) is 0 Å². The molecule has 0 unspecified atom stereocenters. The Morgan fingerprint density at radius 1 is 0.706 bits per heavy atom. The SMILES string of the molecule is N[n+]1cccc(CCC(=O)CCc2ccc(CCOc3ccccc3-c3ccccc3)cc2)c1. The largest absolute Gasteiger partial charge is 0.493 e. The van der Waals surface area contributed by atoms with Crippen LogP contribution >= 0.6 is 0 Å². The van der Waals surface area contributed by atoms with Gasteiger partial charge in [-0.1, -0.05) is 77.5 Å². The number of nitrogen functional groups attached to an aromatic ring is 1. The van der Waals surface area contributed by atoms with E-state index in [1.54, 1.807) is 6.20 Å². The molecule has 34 heavy (non-hydrogen) atoms. The standard InChI is InChI=1S/C30H31N2O2/c31-32-21-6-7-26(23-32)17-19-28(33)18-16-24-12-14-25(15-13-24)20-22-34-30-11-5-4-10-29(30)27-8-2-1-3-9-27/h1-15,21,23H,16-20,22,31H2/q+1. The highest BCUT2D eigenvalue weighted by atomic mass is 16.5. The number of hydrogen-bond acceptors (Lipinski definition) is 3. The molecule has 1 heterocycles. The lowest BCUT2D eigenvalue weighted by atomic mass is 10.0. The van der Waals surface area contributed by atoms with Crippen molar-refractivity contribution in [3.8, 4) is 16.9 Å². The van der Waals surface area contributed by atoms with Crippen LogP contribution in [0.1, 0.15) is 29.5 Å². The number of carbonyl (C=O) groups is 1. The summed E-state index contributed by atoms with van der Waals surface area (Å²) in [5.74, 6) is 6.91. The van der Waals surface area contributed by atoms with E-state index >= 15 is 0 Å². The van der Waals surface area contributed by atoms with E-state index in [2.05, 4.69) is 42.5 Å². The predicted octanol–water partition coefficient (Wildman–Crippen LogP) is 5.11. The molecule has 0 radical (unpaired) electrons. The van der Waals surface area contributed by atoms with Gasteiger partial charge in [0.15, 0.2) is 6.20 Å². The first-order chi connectivity index (χ1) is 16.7. The monoisotopic (exact) mass is 451 g/mol. The number of nitrogens with zero attached hydrogens (tertiary/aromatic N) is 1. The van der Waals surface area contributed by atoms with Gasteiger partial charge in [-0.15, -0.1) is 0 Å². The first-order valence-electron chi connectivity index (χ1n) is 11.8. The van der Waals surface area contributed by atoms with Gasteiger partial charge in [-0.2, -0.15) is 0 Å². The Morgan fingerprint density at radius 2 is 1.35 bits per heavy atom. The number of rotatable bonds is 11. The summed E-state index contributed by atoms with van der Waals surface area (Å²) >= 11 is 0. The highest BCUT2D eigenvalue weighted by Crippen LogP contribution is 2.29. The molecule has 2 N–H and O–H groups in total. The molecule has 4 rings (SSSR count). The quantitative estimate of drug-likeness (QED) is 0.255. The molecule has 0 atom stereocenters. The van der Waals surface area contributed by atoms with Crippen molar-refractivity contribution < 1.29 is 14.2 Å². The van der Waals surface area contributed by atoms with Crippen molar-refractivity contribution in [1.29, 1.82) is 0 Å². The molecule has 4 nitrogen and oxygen atoms in total. The Kier molecular flexibility index (Phi) is 8.07. The molecule has 4 heteroatoms. The average molecular weight is 452 g/mol. The lowest BCUT2D eigenvalue weighted by Gasteiger charge is -2.12. The van der Waals surface area contributed by atoms with Crippen LogP contribution < -0.4 is 15.3 Å². The first kappa shape index (κ1) is 23.2. The number of para-hydroxylation sites is 1. The summed E-state index contributed by atoms with van der Waals surface area (Å²) in [4.78, 5) is 12.3. The fraction of sp³-hybridized carbons (Fsp3) is 0.200. The summed E-state index contributed by atoms with van der Waals surface area (Å²) in [6.45, 7) is 0.615. The minimum absolute atomic E-state index is 0.280. The summed E-state index contributed by atoms with van der Waals surface area (Å²) in [5.41, 5.74) is 5.76. The normalized spacial score (nSPS) is 10.7. The lowest BCUT2D eigenvalue weighted by molar-refractivity contribution is -0.639. The van der Waals surface area contributed by atoms with E-state index in [4.69, 9.17) is 10.6 Å². The van der Waals surface area contributed by atoms with Gasteiger partial charge in [-0.3, -0.25) is 4.79 Å². The number of hydrogen-bond donors (Lipinski definition) is 1. The fourth-order valence-corrected chi connectivity index (χ4v) is 3.98. The van der Waals surface area contributed by atoms with Crippen molar-refractivity contribution in [3.05, 3.63) is 120 Å².